The highest BCUT2D eigenvalue weighted by Gasteiger charge is 2.38. The Hall–Kier alpha value is -2.07. The van der Waals surface area contributed by atoms with Crippen molar-refractivity contribution in [3.8, 4) is 0 Å². The molecule has 28 heavy (non-hydrogen) atoms. The second kappa shape index (κ2) is 7.75. The monoisotopic (exact) mass is 377 g/mol. The molecule has 4 aliphatic rings. The molecule has 4 nitrogen and oxygen atoms in total. The Kier molecular flexibility index (Phi) is 4.98. The van der Waals surface area contributed by atoms with E-state index in [1.165, 1.54) is 31.2 Å². The molecule has 6 rings (SSSR count). The smallest absolute Gasteiger partial charge is 0.270 e. The van der Waals surface area contributed by atoms with Crippen LogP contribution in [0.15, 0.2) is 48.7 Å². The van der Waals surface area contributed by atoms with Gasteiger partial charge in [-0.15, -0.1) is 0 Å². The highest BCUT2D eigenvalue weighted by Crippen LogP contribution is 2.37. The molecule has 3 saturated heterocycles. The summed E-state index contributed by atoms with van der Waals surface area (Å²) in [4.78, 5) is 18.2. The standard InChI is InChI=1S/C24H31N3O/c28-24(23-9-5-15-26(23)21-12-13-21)27-17-20-10-11-22(27)18-25(16-20)14-4-8-19-6-2-1-3-7-19/h1-3,5-7,9,15,20-22H,4,8,10-14,16-18H2/t20-,22+/m0/s1. The first-order chi connectivity index (χ1) is 13.8. The van der Waals surface area contributed by atoms with Gasteiger partial charge in [0.2, 0.25) is 0 Å². The van der Waals surface area contributed by atoms with Crippen molar-refractivity contribution in [2.45, 2.75) is 50.6 Å². The van der Waals surface area contributed by atoms with Gasteiger partial charge in [-0.1, -0.05) is 30.3 Å². The number of aryl methyl sites for hydroxylation is 1. The van der Waals surface area contributed by atoms with Gasteiger partial charge < -0.3 is 14.4 Å². The largest absolute Gasteiger partial charge is 0.340 e. The summed E-state index contributed by atoms with van der Waals surface area (Å²) in [6, 6.07) is 15.8. The molecular formula is C24H31N3O. The summed E-state index contributed by atoms with van der Waals surface area (Å²) in [6.07, 6.45) is 9.30. The van der Waals surface area contributed by atoms with Gasteiger partial charge in [-0.25, -0.2) is 0 Å². The quantitative estimate of drug-likeness (QED) is 0.761. The zero-order valence-corrected chi connectivity index (χ0v) is 16.7. The van der Waals surface area contributed by atoms with Gasteiger partial charge in [0.15, 0.2) is 0 Å². The average molecular weight is 378 g/mol. The van der Waals surface area contributed by atoms with Gasteiger partial charge in [-0.3, -0.25) is 4.79 Å². The number of amides is 1. The van der Waals surface area contributed by atoms with Gasteiger partial charge in [0, 0.05) is 37.9 Å². The number of rotatable bonds is 6. The molecule has 1 saturated carbocycles. The van der Waals surface area contributed by atoms with Crippen LogP contribution in [0.5, 0.6) is 0 Å². The van der Waals surface area contributed by atoms with Crippen LogP contribution in [0.4, 0.5) is 0 Å². The van der Waals surface area contributed by atoms with Crippen LogP contribution in [-0.2, 0) is 6.42 Å². The highest BCUT2D eigenvalue weighted by molar-refractivity contribution is 5.93. The molecule has 4 heteroatoms. The molecule has 2 aromatic rings. The molecule has 1 amide bonds. The number of hydrogen-bond acceptors (Lipinski definition) is 2. The molecule has 0 spiro atoms. The van der Waals surface area contributed by atoms with Crippen LogP contribution < -0.4 is 0 Å². The SMILES string of the molecule is O=C(c1cccn1C1CC1)N1C[C@H]2CC[C@@H]1CN(CCCc1ccccc1)C2. The summed E-state index contributed by atoms with van der Waals surface area (Å²) in [5, 5.41) is 0. The van der Waals surface area contributed by atoms with E-state index in [2.05, 4.69) is 50.9 Å². The van der Waals surface area contributed by atoms with Crippen LogP contribution in [-0.4, -0.2) is 52.5 Å². The Morgan fingerprint density at radius 2 is 1.71 bits per heavy atom. The summed E-state index contributed by atoms with van der Waals surface area (Å²) in [7, 11) is 0. The van der Waals surface area contributed by atoms with E-state index in [1.54, 1.807) is 0 Å². The fourth-order valence-corrected chi connectivity index (χ4v) is 5.16. The minimum atomic E-state index is 0.262. The fourth-order valence-electron chi connectivity index (χ4n) is 5.16. The van der Waals surface area contributed by atoms with Crippen LogP contribution in [0, 0.1) is 5.92 Å². The van der Waals surface area contributed by atoms with Crippen molar-refractivity contribution in [3.63, 3.8) is 0 Å². The van der Waals surface area contributed by atoms with Crippen LogP contribution in [0.25, 0.3) is 0 Å². The van der Waals surface area contributed by atoms with Crippen molar-refractivity contribution < 1.29 is 4.79 Å². The van der Waals surface area contributed by atoms with Gasteiger partial charge in [0.1, 0.15) is 5.69 Å². The third-order valence-electron chi connectivity index (χ3n) is 6.77. The molecule has 148 valence electrons. The van der Waals surface area contributed by atoms with E-state index >= 15 is 0 Å². The molecule has 1 aromatic heterocycles. The number of aromatic nitrogens is 1. The molecule has 2 atom stereocenters. The van der Waals surface area contributed by atoms with E-state index in [0.29, 0.717) is 18.0 Å². The molecular weight excluding hydrogens is 346 g/mol. The molecule has 1 aromatic carbocycles. The van der Waals surface area contributed by atoms with Crippen LogP contribution in [0.2, 0.25) is 0 Å². The molecule has 0 N–H and O–H groups in total. The molecule has 0 radical (unpaired) electrons. The third kappa shape index (κ3) is 3.75. The van der Waals surface area contributed by atoms with E-state index in [4.69, 9.17) is 0 Å². The normalized spacial score (nSPS) is 25.1. The van der Waals surface area contributed by atoms with E-state index in [1.807, 2.05) is 12.1 Å². The van der Waals surface area contributed by atoms with Crippen LogP contribution in [0.3, 0.4) is 0 Å². The summed E-state index contributed by atoms with van der Waals surface area (Å²) in [5.74, 6) is 0.890. The Bertz CT molecular complexity index is 810. The number of carbonyl (C=O) groups is 1. The third-order valence-corrected chi connectivity index (χ3v) is 6.77. The minimum Gasteiger partial charge on any atom is -0.340 e. The summed E-state index contributed by atoms with van der Waals surface area (Å²) in [6.45, 7) is 4.27. The van der Waals surface area contributed by atoms with Crippen molar-refractivity contribution in [2.75, 3.05) is 26.2 Å². The maximum atomic E-state index is 13.3. The Morgan fingerprint density at radius 3 is 2.54 bits per heavy atom. The van der Waals surface area contributed by atoms with Gasteiger partial charge in [0.25, 0.3) is 5.91 Å². The lowest BCUT2D eigenvalue weighted by Gasteiger charge is -2.36. The number of benzene rings is 1. The average Bonchev–Trinajstić information content (AvgIpc) is 3.51. The van der Waals surface area contributed by atoms with E-state index in [9.17, 15) is 4.79 Å². The number of hydrogen-bond donors (Lipinski definition) is 0. The van der Waals surface area contributed by atoms with E-state index < -0.39 is 0 Å². The topological polar surface area (TPSA) is 28.5 Å². The second-order valence-electron chi connectivity index (χ2n) is 8.94. The number of nitrogens with zero attached hydrogens (tertiary/aromatic N) is 3. The molecule has 1 aliphatic carbocycles. The Labute approximate surface area is 168 Å². The lowest BCUT2D eigenvalue weighted by molar-refractivity contribution is 0.0574. The van der Waals surface area contributed by atoms with Crippen molar-refractivity contribution in [1.29, 1.82) is 0 Å². The molecule has 4 heterocycles. The zero-order valence-electron chi connectivity index (χ0n) is 16.7. The van der Waals surface area contributed by atoms with Crippen LogP contribution >= 0.6 is 0 Å². The lowest BCUT2D eigenvalue weighted by atomic mass is 9.94. The van der Waals surface area contributed by atoms with Crippen molar-refractivity contribution in [1.82, 2.24) is 14.4 Å². The first-order valence-corrected chi connectivity index (χ1v) is 11.0. The summed E-state index contributed by atoms with van der Waals surface area (Å²) < 4.78 is 2.22. The molecule has 3 aliphatic heterocycles. The van der Waals surface area contributed by atoms with Gasteiger partial charge in [0.05, 0.1) is 0 Å². The maximum absolute atomic E-state index is 13.3. The number of fused-ring (bicyclic) bond motifs is 4. The zero-order chi connectivity index (χ0) is 18.9. The predicted molar refractivity (Wildman–Crippen MR) is 111 cm³/mol. The lowest BCUT2D eigenvalue weighted by Crippen LogP contribution is -2.47. The Morgan fingerprint density at radius 1 is 0.893 bits per heavy atom. The van der Waals surface area contributed by atoms with Gasteiger partial charge in [-0.05, 0) is 68.7 Å². The van der Waals surface area contributed by atoms with Crippen LogP contribution in [0.1, 0.15) is 54.2 Å². The second-order valence-corrected chi connectivity index (χ2v) is 8.94. The van der Waals surface area contributed by atoms with Gasteiger partial charge in [-0.2, -0.15) is 0 Å². The predicted octanol–water partition coefficient (Wildman–Crippen LogP) is 3.99. The Balaban J connectivity index is 1.22. The van der Waals surface area contributed by atoms with E-state index in [-0.39, 0.29) is 5.91 Å². The van der Waals surface area contributed by atoms with Crippen molar-refractivity contribution >= 4 is 5.91 Å². The first-order valence-electron chi connectivity index (χ1n) is 11.0. The number of carbonyl (C=O) groups excluding carboxylic acids is 1. The fraction of sp³-hybridized carbons (Fsp3) is 0.542. The van der Waals surface area contributed by atoms with Gasteiger partial charge >= 0.3 is 0 Å². The van der Waals surface area contributed by atoms with Crippen molar-refractivity contribution in [3.05, 3.63) is 59.9 Å². The highest BCUT2D eigenvalue weighted by atomic mass is 16.2. The molecule has 2 bridgehead atoms. The summed E-state index contributed by atoms with van der Waals surface area (Å²) in [5.41, 5.74) is 2.34. The van der Waals surface area contributed by atoms with E-state index in [0.717, 1.165) is 44.7 Å². The minimum absolute atomic E-state index is 0.262. The number of piperidine rings is 1. The summed E-state index contributed by atoms with van der Waals surface area (Å²) >= 11 is 0. The molecule has 0 unspecified atom stereocenters. The first kappa shape index (κ1) is 18.0. The molecule has 4 fully saturated rings. The maximum Gasteiger partial charge on any atom is 0.270 e. The van der Waals surface area contributed by atoms with Crippen molar-refractivity contribution in [2.24, 2.45) is 5.92 Å².